The van der Waals surface area contributed by atoms with Gasteiger partial charge in [0.2, 0.25) is 0 Å². The lowest BCUT2D eigenvalue weighted by atomic mass is 10.2. The molecule has 0 bridgehead atoms. The Kier molecular flexibility index (Phi) is 2.10. The highest BCUT2D eigenvalue weighted by atomic mass is 16.3. The van der Waals surface area contributed by atoms with Crippen molar-refractivity contribution in [1.82, 2.24) is 4.98 Å². The molecule has 11 heavy (non-hydrogen) atoms. The average Bonchev–Trinajstić information content (AvgIpc) is 1.97. The minimum absolute atomic E-state index is 0.0764. The van der Waals surface area contributed by atoms with Crippen LogP contribution in [0.4, 0.5) is 0 Å². The molecule has 1 rings (SSSR count). The Bertz CT molecular complexity index is 271. The quantitative estimate of drug-likeness (QED) is 0.630. The van der Waals surface area contributed by atoms with E-state index in [4.69, 9.17) is 5.11 Å². The number of pyridine rings is 1. The van der Waals surface area contributed by atoms with E-state index in [1.54, 1.807) is 19.9 Å². The van der Waals surface area contributed by atoms with E-state index in [1.807, 2.05) is 0 Å². The summed E-state index contributed by atoms with van der Waals surface area (Å²) in [5.41, 5.74) is 2.00. The first-order valence-electron chi connectivity index (χ1n) is 3.42. The Morgan fingerprint density at radius 3 is 2.64 bits per heavy atom. The molecule has 0 aliphatic rings. The number of hydrogen-bond acceptors (Lipinski definition) is 3. The van der Waals surface area contributed by atoms with Crippen molar-refractivity contribution in [3.05, 3.63) is 23.0 Å². The number of hydrogen-bond donors (Lipinski definition) is 2. The van der Waals surface area contributed by atoms with Crippen LogP contribution in [0.3, 0.4) is 0 Å². The van der Waals surface area contributed by atoms with E-state index in [1.165, 1.54) is 0 Å². The minimum Gasteiger partial charge on any atom is -0.506 e. The van der Waals surface area contributed by atoms with Crippen LogP contribution in [0.15, 0.2) is 6.07 Å². The fraction of sp³-hybridized carbons (Fsp3) is 0.375. The first kappa shape index (κ1) is 8.01. The molecule has 0 fully saturated rings. The first-order valence-corrected chi connectivity index (χ1v) is 3.42. The Morgan fingerprint density at radius 1 is 1.45 bits per heavy atom. The fourth-order valence-electron chi connectivity index (χ4n) is 0.901. The Labute approximate surface area is 65.3 Å². The van der Waals surface area contributed by atoms with Gasteiger partial charge in [-0.2, -0.15) is 0 Å². The lowest BCUT2D eigenvalue weighted by Crippen LogP contribution is -1.95. The molecule has 3 heteroatoms. The molecule has 0 radical (unpaired) electrons. The van der Waals surface area contributed by atoms with Crippen LogP contribution in [0, 0.1) is 13.8 Å². The van der Waals surface area contributed by atoms with Crippen molar-refractivity contribution in [3.63, 3.8) is 0 Å². The van der Waals surface area contributed by atoms with Gasteiger partial charge in [0.15, 0.2) is 0 Å². The molecule has 0 saturated carbocycles. The molecule has 0 amide bonds. The SMILES string of the molecule is Cc1cc(O)c(C)nc1CO. The molecule has 0 unspecified atom stereocenters. The number of nitrogens with zero attached hydrogens (tertiary/aromatic N) is 1. The molecule has 1 aromatic rings. The van der Waals surface area contributed by atoms with E-state index in [0.717, 1.165) is 5.56 Å². The van der Waals surface area contributed by atoms with Gasteiger partial charge in [-0.3, -0.25) is 4.98 Å². The van der Waals surface area contributed by atoms with Gasteiger partial charge in [-0.15, -0.1) is 0 Å². The largest absolute Gasteiger partial charge is 0.506 e. The summed E-state index contributed by atoms with van der Waals surface area (Å²) in [5, 5.41) is 18.0. The van der Waals surface area contributed by atoms with Crippen molar-refractivity contribution in [3.8, 4) is 5.75 Å². The normalized spacial score (nSPS) is 10.1. The van der Waals surface area contributed by atoms with Crippen molar-refractivity contribution in [2.24, 2.45) is 0 Å². The molecule has 0 aromatic carbocycles. The number of aliphatic hydroxyl groups is 1. The molecule has 1 heterocycles. The summed E-state index contributed by atoms with van der Waals surface area (Å²) in [4.78, 5) is 3.99. The Morgan fingerprint density at radius 2 is 2.09 bits per heavy atom. The van der Waals surface area contributed by atoms with Crippen LogP contribution in [0.25, 0.3) is 0 Å². The van der Waals surface area contributed by atoms with Crippen molar-refractivity contribution in [1.29, 1.82) is 0 Å². The molecular weight excluding hydrogens is 142 g/mol. The van der Waals surface area contributed by atoms with Crippen LogP contribution < -0.4 is 0 Å². The summed E-state index contributed by atoms with van der Waals surface area (Å²) < 4.78 is 0. The smallest absolute Gasteiger partial charge is 0.137 e. The van der Waals surface area contributed by atoms with Gasteiger partial charge in [0, 0.05) is 0 Å². The third-order valence-electron chi connectivity index (χ3n) is 1.63. The molecule has 3 nitrogen and oxygen atoms in total. The first-order chi connectivity index (χ1) is 5.15. The summed E-state index contributed by atoms with van der Waals surface area (Å²) in [6, 6.07) is 1.61. The molecule has 0 spiro atoms. The number of rotatable bonds is 1. The summed E-state index contributed by atoms with van der Waals surface area (Å²) in [6.45, 7) is 3.43. The Hall–Kier alpha value is -1.09. The van der Waals surface area contributed by atoms with Gasteiger partial charge in [0.25, 0.3) is 0 Å². The molecule has 60 valence electrons. The van der Waals surface area contributed by atoms with Crippen LogP contribution in [-0.4, -0.2) is 15.2 Å². The molecule has 0 atom stereocenters. The minimum atomic E-state index is -0.0764. The zero-order valence-electron chi connectivity index (χ0n) is 6.63. The number of aromatic nitrogens is 1. The van der Waals surface area contributed by atoms with Crippen molar-refractivity contribution in [2.45, 2.75) is 20.5 Å². The summed E-state index contributed by atoms with van der Waals surface area (Å²) in [6.07, 6.45) is 0. The second-order valence-corrected chi connectivity index (χ2v) is 2.51. The number of aromatic hydroxyl groups is 1. The summed E-state index contributed by atoms with van der Waals surface area (Å²) in [5.74, 6) is 0.180. The zero-order valence-corrected chi connectivity index (χ0v) is 6.63. The van der Waals surface area contributed by atoms with Crippen molar-refractivity contribution < 1.29 is 10.2 Å². The number of aryl methyl sites for hydroxylation is 2. The van der Waals surface area contributed by atoms with Gasteiger partial charge in [0.05, 0.1) is 18.0 Å². The Balaban J connectivity index is 3.21. The molecular formula is C8H11NO2. The van der Waals surface area contributed by atoms with E-state index in [2.05, 4.69) is 4.98 Å². The molecule has 2 N–H and O–H groups in total. The highest BCUT2D eigenvalue weighted by Crippen LogP contribution is 2.17. The second-order valence-electron chi connectivity index (χ2n) is 2.51. The lowest BCUT2D eigenvalue weighted by Gasteiger charge is -2.03. The summed E-state index contributed by atoms with van der Waals surface area (Å²) >= 11 is 0. The second kappa shape index (κ2) is 2.88. The van der Waals surface area contributed by atoms with E-state index < -0.39 is 0 Å². The van der Waals surface area contributed by atoms with Gasteiger partial charge >= 0.3 is 0 Å². The number of aliphatic hydroxyl groups excluding tert-OH is 1. The highest BCUT2D eigenvalue weighted by Gasteiger charge is 2.02. The average molecular weight is 153 g/mol. The monoisotopic (exact) mass is 153 g/mol. The van der Waals surface area contributed by atoms with Crippen LogP contribution in [0.1, 0.15) is 17.0 Å². The zero-order chi connectivity index (χ0) is 8.43. The van der Waals surface area contributed by atoms with Crippen LogP contribution in [-0.2, 0) is 6.61 Å². The predicted molar refractivity (Wildman–Crippen MR) is 41.3 cm³/mol. The molecule has 0 aliphatic heterocycles. The van der Waals surface area contributed by atoms with Crippen molar-refractivity contribution >= 4 is 0 Å². The maximum atomic E-state index is 9.18. The maximum absolute atomic E-state index is 9.18. The topological polar surface area (TPSA) is 53.4 Å². The fourth-order valence-corrected chi connectivity index (χ4v) is 0.901. The van der Waals surface area contributed by atoms with Gasteiger partial charge < -0.3 is 10.2 Å². The predicted octanol–water partition coefficient (Wildman–Crippen LogP) is 0.896. The van der Waals surface area contributed by atoms with Gasteiger partial charge in [0.1, 0.15) is 5.75 Å². The van der Waals surface area contributed by atoms with Crippen molar-refractivity contribution in [2.75, 3.05) is 0 Å². The lowest BCUT2D eigenvalue weighted by molar-refractivity contribution is 0.275. The molecule has 1 aromatic heterocycles. The standard InChI is InChI=1S/C8H11NO2/c1-5-3-8(11)6(2)9-7(5)4-10/h3,10-11H,4H2,1-2H3. The van der Waals surface area contributed by atoms with Crippen LogP contribution >= 0.6 is 0 Å². The maximum Gasteiger partial charge on any atom is 0.137 e. The van der Waals surface area contributed by atoms with E-state index in [-0.39, 0.29) is 12.4 Å². The molecule has 0 saturated heterocycles. The van der Waals surface area contributed by atoms with Gasteiger partial charge in [-0.1, -0.05) is 0 Å². The van der Waals surface area contributed by atoms with E-state index >= 15 is 0 Å². The van der Waals surface area contributed by atoms with Crippen LogP contribution in [0.2, 0.25) is 0 Å². The van der Waals surface area contributed by atoms with Crippen LogP contribution in [0.5, 0.6) is 5.75 Å². The molecule has 0 aliphatic carbocycles. The van der Waals surface area contributed by atoms with Gasteiger partial charge in [-0.05, 0) is 25.5 Å². The third-order valence-corrected chi connectivity index (χ3v) is 1.63. The third kappa shape index (κ3) is 1.49. The van der Waals surface area contributed by atoms with Gasteiger partial charge in [-0.25, -0.2) is 0 Å². The highest BCUT2D eigenvalue weighted by molar-refractivity contribution is 5.32. The summed E-state index contributed by atoms with van der Waals surface area (Å²) in [7, 11) is 0. The van der Waals surface area contributed by atoms with E-state index in [0.29, 0.717) is 11.4 Å². The van der Waals surface area contributed by atoms with E-state index in [9.17, 15) is 5.11 Å².